The topological polar surface area (TPSA) is 124 Å². The predicted molar refractivity (Wildman–Crippen MR) is 67.8 cm³/mol. The van der Waals surface area contributed by atoms with Gasteiger partial charge in [0.1, 0.15) is 35.8 Å². The third-order valence-corrected chi connectivity index (χ3v) is 3.44. The molecule has 4 atom stereocenters. The maximum Gasteiger partial charge on any atom is 0.181 e. The van der Waals surface area contributed by atoms with Crippen molar-refractivity contribution in [1.29, 1.82) is 0 Å². The summed E-state index contributed by atoms with van der Waals surface area (Å²) < 4.78 is 5.39. The average Bonchev–Trinajstić information content (AvgIpc) is 3.00. The van der Waals surface area contributed by atoms with E-state index in [1.54, 1.807) is 6.20 Å². The van der Waals surface area contributed by atoms with Crippen molar-refractivity contribution >= 4 is 11.2 Å². The van der Waals surface area contributed by atoms with Crippen LogP contribution in [-0.2, 0) is 11.2 Å². The number of aryl methyl sites for hydroxylation is 1. The standard InChI is InChI=1S/C12H16N4O4/c1-2-7-14-5-3-13-12(16-11(5)15-7)10-9(19)8(18)6(4-17)20-10/h3,6,8-10,17-19H,2,4H2,1H3,(H,13,14,15,16)/t6-,8-,9-,10?/m1/s1. The highest BCUT2D eigenvalue weighted by molar-refractivity contribution is 5.69. The normalized spacial score (nSPS) is 30.2. The summed E-state index contributed by atoms with van der Waals surface area (Å²) in [5.41, 5.74) is 1.20. The summed E-state index contributed by atoms with van der Waals surface area (Å²) in [7, 11) is 0. The number of aliphatic hydroxyl groups is 3. The second-order valence-corrected chi connectivity index (χ2v) is 4.76. The van der Waals surface area contributed by atoms with Crippen LogP contribution in [0.3, 0.4) is 0 Å². The molecule has 0 saturated carbocycles. The van der Waals surface area contributed by atoms with Gasteiger partial charge in [0.25, 0.3) is 0 Å². The van der Waals surface area contributed by atoms with E-state index in [1.807, 2.05) is 6.92 Å². The Bertz CT molecular complexity index is 617. The largest absolute Gasteiger partial charge is 0.394 e. The molecule has 4 N–H and O–H groups in total. The lowest BCUT2D eigenvalue weighted by Gasteiger charge is -2.12. The molecule has 0 spiro atoms. The van der Waals surface area contributed by atoms with Crippen LogP contribution in [0.5, 0.6) is 0 Å². The van der Waals surface area contributed by atoms with Gasteiger partial charge in [0, 0.05) is 6.42 Å². The molecule has 3 heterocycles. The number of nitrogens with one attached hydrogen (secondary N) is 1. The number of imidazole rings is 1. The van der Waals surface area contributed by atoms with Crippen LogP contribution in [0.1, 0.15) is 24.7 Å². The molecule has 8 nitrogen and oxygen atoms in total. The Labute approximate surface area is 114 Å². The third kappa shape index (κ3) is 2.06. The Hall–Kier alpha value is -1.61. The van der Waals surface area contributed by atoms with Crippen molar-refractivity contribution in [3.05, 3.63) is 17.8 Å². The maximum absolute atomic E-state index is 9.94. The minimum atomic E-state index is -1.17. The van der Waals surface area contributed by atoms with Crippen LogP contribution in [0.2, 0.25) is 0 Å². The number of fused-ring (bicyclic) bond motifs is 1. The Kier molecular flexibility index (Phi) is 3.38. The van der Waals surface area contributed by atoms with E-state index >= 15 is 0 Å². The highest BCUT2D eigenvalue weighted by Crippen LogP contribution is 2.31. The van der Waals surface area contributed by atoms with Crippen LogP contribution >= 0.6 is 0 Å². The van der Waals surface area contributed by atoms with Crippen molar-refractivity contribution in [2.45, 2.75) is 37.8 Å². The molecule has 1 fully saturated rings. The maximum atomic E-state index is 9.94. The van der Waals surface area contributed by atoms with Crippen molar-refractivity contribution in [2.75, 3.05) is 6.61 Å². The van der Waals surface area contributed by atoms with Crippen LogP contribution in [0.25, 0.3) is 11.2 Å². The molecule has 2 aromatic rings. The van der Waals surface area contributed by atoms with Crippen LogP contribution in [-0.4, -0.2) is 60.2 Å². The predicted octanol–water partition coefficient (Wildman–Crippen LogP) is -0.931. The fourth-order valence-electron chi connectivity index (χ4n) is 2.29. The number of H-pyrrole nitrogens is 1. The van der Waals surface area contributed by atoms with E-state index in [2.05, 4.69) is 19.9 Å². The zero-order valence-electron chi connectivity index (χ0n) is 10.9. The molecule has 8 heteroatoms. The minimum Gasteiger partial charge on any atom is -0.394 e. The van der Waals surface area contributed by atoms with E-state index in [0.29, 0.717) is 11.2 Å². The number of nitrogens with zero attached hydrogens (tertiary/aromatic N) is 3. The van der Waals surface area contributed by atoms with Crippen LogP contribution in [0.4, 0.5) is 0 Å². The van der Waals surface area contributed by atoms with E-state index in [9.17, 15) is 10.2 Å². The summed E-state index contributed by atoms with van der Waals surface area (Å²) >= 11 is 0. The lowest BCUT2D eigenvalue weighted by atomic mass is 10.1. The number of aromatic amines is 1. The molecule has 3 rings (SSSR count). The first-order valence-corrected chi connectivity index (χ1v) is 6.48. The Morgan fingerprint density at radius 1 is 1.30 bits per heavy atom. The zero-order valence-corrected chi connectivity index (χ0v) is 10.9. The van der Waals surface area contributed by atoms with Gasteiger partial charge in [-0.3, -0.25) is 0 Å². The molecule has 20 heavy (non-hydrogen) atoms. The first kappa shape index (κ1) is 13.4. The molecule has 0 radical (unpaired) electrons. The monoisotopic (exact) mass is 280 g/mol. The lowest BCUT2D eigenvalue weighted by Crippen LogP contribution is -2.32. The second-order valence-electron chi connectivity index (χ2n) is 4.76. The second kappa shape index (κ2) is 5.06. The van der Waals surface area contributed by atoms with E-state index in [-0.39, 0.29) is 12.4 Å². The number of ether oxygens (including phenoxy) is 1. The molecule has 1 aliphatic rings. The highest BCUT2D eigenvalue weighted by atomic mass is 16.6. The third-order valence-electron chi connectivity index (χ3n) is 3.44. The molecule has 0 bridgehead atoms. The SMILES string of the molecule is CCc1nc2nc(C3O[C@H](CO)[C@@H](O)[C@H]3O)ncc2[nH]1. The molecule has 0 aliphatic carbocycles. The van der Waals surface area contributed by atoms with Crippen molar-refractivity contribution in [1.82, 2.24) is 19.9 Å². The summed E-state index contributed by atoms with van der Waals surface area (Å²) in [6, 6.07) is 0. The van der Waals surface area contributed by atoms with E-state index < -0.39 is 24.4 Å². The minimum absolute atomic E-state index is 0.245. The van der Waals surface area contributed by atoms with Crippen molar-refractivity contribution in [3.8, 4) is 0 Å². The Morgan fingerprint density at radius 3 is 2.75 bits per heavy atom. The summed E-state index contributed by atoms with van der Waals surface area (Å²) in [6.45, 7) is 1.59. The van der Waals surface area contributed by atoms with Gasteiger partial charge in [-0.15, -0.1) is 0 Å². The van der Waals surface area contributed by atoms with Crippen LogP contribution in [0.15, 0.2) is 6.20 Å². The highest BCUT2D eigenvalue weighted by Gasteiger charge is 2.44. The summed E-state index contributed by atoms with van der Waals surface area (Å²) in [5.74, 6) is 1.04. The van der Waals surface area contributed by atoms with E-state index in [0.717, 1.165) is 12.2 Å². The molecule has 0 aromatic carbocycles. The van der Waals surface area contributed by atoms with Gasteiger partial charge >= 0.3 is 0 Å². The first-order valence-electron chi connectivity index (χ1n) is 6.48. The van der Waals surface area contributed by atoms with Gasteiger partial charge < -0.3 is 25.0 Å². The van der Waals surface area contributed by atoms with Gasteiger partial charge in [0.2, 0.25) is 0 Å². The fraction of sp³-hybridized carbons (Fsp3) is 0.583. The van der Waals surface area contributed by atoms with Crippen LogP contribution < -0.4 is 0 Å². The van der Waals surface area contributed by atoms with Crippen molar-refractivity contribution in [3.63, 3.8) is 0 Å². The molecule has 0 amide bonds. The van der Waals surface area contributed by atoms with E-state index in [1.165, 1.54) is 0 Å². The molecule has 1 aliphatic heterocycles. The van der Waals surface area contributed by atoms with E-state index in [4.69, 9.17) is 9.84 Å². The smallest absolute Gasteiger partial charge is 0.181 e. The molecule has 2 aromatic heterocycles. The molecule has 1 unspecified atom stereocenters. The number of hydrogen-bond acceptors (Lipinski definition) is 7. The Balaban J connectivity index is 1.94. The molecule has 108 valence electrons. The fourth-order valence-corrected chi connectivity index (χ4v) is 2.29. The summed E-state index contributed by atoms with van der Waals surface area (Å²) in [5, 5.41) is 28.7. The Morgan fingerprint density at radius 2 is 2.10 bits per heavy atom. The zero-order chi connectivity index (χ0) is 14.3. The van der Waals surface area contributed by atoms with Gasteiger partial charge in [-0.1, -0.05) is 6.92 Å². The summed E-state index contributed by atoms with van der Waals surface area (Å²) in [6.07, 6.45) is -1.71. The van der Waals surface area contributed by atoms with Crippen molar-refractivity contribution in [2.24, 2.45) is 0 Å². The summed E-state index contributed by atoms with van der Waals surface area (Å²) in [4.78, 5) is 15.7. The van der Waals surface area contributed by atoms with Gasteiger partial charge in [-0.2, -0.15) is 0 Å². The molecule has 1 saturated heterocycles. The number of aliphatic hydroxyl groups excluding tert-OH is 3. The average molecular weight is 280 g/mol. The van der Waals surface area contributed by atoms with Gasteiger partial charge in [0.05, 0.1) is 12.8 Å². The quantitative estimate of drug-likeness (QED) is 0.572. The lowest BCUT2D eigenvalue weighted by molar-refractivity contribution is -0.0252. The van der Waals surface area contributed by atoms with Crippen molar-refractivity contribution < 1.29 is 20.1 Å². The number of aromatic nitrogens is 4. The molecular formula is C12H16N4O4. The number of hydrogen-bond donors (Lipinski definition) is 4. The van der Waals surface area contributed by atoms with Gasteiger partial charge in [-0.25, -0.2) is 15.0 Å². The molecular weight excluding hydrogens is 264 g/mol. The van der Waals surface area contributed by atoms with Crippen LogP contribution in [0, 0.1) is 0 Å². The number of rotatable bonds is 3. The first-order chi connectivity index (χ1) is 9.63. The van der Waals surface area contributed by atoms with Gasteiger partial charge in [-0.05, 0) is 0 Å². The van der Waals surface area contributed by atoms with Gasteiger partial charge in [0.15, 0.2) is 11.5 Å².